The first-order chi connectivity index (χ1) is 8.33. The highest BCUT2D eigenvalue weighted by molar-refractivity contribution is 6.16. The number of benzene rings is 1. The lowest BCUT2D eigenvalue weighted by atomic mass is 10.3. The first kappa shape index (κ1) is 10.9. The Labute approximate surface area is 105 Å². The third-order valence-corrected chi connectivity index (χ3v) is 3.54. The van der Waals surface area contributed by atoms with Crippen molar-refractivity contribution in [1.82, 2.24) is 9.55 Å². The highest BCUT2D eigenvalue weighted by Crippen LogP contribution is 2.34. The monoisotopic (exact) mass is 250 g/mol. The van der Waals surface area contributed by atoms with Crippen LogP contribution in [-0.2, 0) is 12.4 Å². The fraction of sp³-hybridized carbons (Fsp3) is 0.462. The molecule has 1 aromatic carbocycles. The summed E-state index contributed by atoms with van der Waals surface area (Å²) in [5, 5.41) is 0. The zero-order valence-corrected chi connectivity index (χ0v) is 10.6. The maximum absolute atomic E-state index is 5.98. The van der Waals surface area contributed by atoms with E-state index in [0.717, 1.165) is 35.1 Å². The van der Waals surface area contributed by atoms with E-state index >= 15 is 0 Å². The Hall–Kier alpha value is -1.22. The molecule has 0 atom stereocenters. The van der Waals surface area contributed by atoms with Crippen molar-refractivity contribution in [2.45, 2.75) is 25.3 Å². The van der Waals surface area contributed by atoms with Crippen molar-refractivity contribution in [1.29, 1.82) is 0 Å². The molecule has 1 fully saturated rings. The number of halogens is 1. The molecule has 3 nitrogen and oxygen atoms in total. The molecule has 4 heteroatoms. The van der Waals surface area contributed by atoms with E-state index < -0.39 is 0 Å². The molecule has 0 N–H and O–H groups in total. The molecule has 0 radical (unpaired) electrons. The average Bonchev–Trinajstić information content (AvgIpc) is 3.10. The molecule has 0 amide bonds. The maximum atomic E-state index is 5.98. The van der Waals surface area contributed by atoms with Gasteiger partial charge in [-0.3, -0.25) is 0 Å². The van der Waals surface area contributed by atoms with Gasteiger partial charge >= 0.3 is 0 Å². The predicted molar refractivity (Wildman–Crippen MR) is 68.6 cm³/mol. The zero-order chi connectivity index (χ0) is 11.8. The van der Waals surface area contributed by atoms with E-state index in [1.165, 1.54) is 12.8 Å². The van der Waals surface area contributed by atoms with Crippen LogP contribution in [0.3, 0.4) is 0 Å². The highest BCUT2D eigenvalue weighted by atomic mass is 35.5. The fourth-order valence-corrected chi connectivity index (χ4v) is 2.40. The van der Waals surface area contributed by atoms with Crippen LogP contribution in [0.4, 0.5) is 0 Å². The van der Waals surface area contributed by atoms with Gasteiger partial charge in [-0.05, 0) is 30.9 Å². The van der Waals surface area contributed by atoms with E-state index in [9.17, 15) is 0 Å². The number of methoxy groups -OCH3 is 1. The molecule has 1 saturated carbocycles. The van der Waals surface area contributed by atoms with Gasteiger partial charge in [-0.2, -0.15) is 0 Å². The van der Waals surface area contributed by atoms with Crippen LogP contribution in [0, 0.1) is 5.92 Å². The summed E-state index contributed by atoms with van der Waals surface area (Å²) in [7, 11) is 1.68. The minimum absolute atomic E-state index is 0.449. The molecule has 1 aliphatic carbocycles. The van der Waals surface area contributed by atoms with Gasteiger partial charge in [0.15, 0.2) is 0 Å². The Morgan fingerprint density at radius 1 is 1.47 bits per heavy atom. The summed E-state index contributed by atoms with van der Waals surface area (Å²) in [4.78, 5) is 4.59. The van der Waals surface area contributed by atoms with Crippen molar-refractivity contribution < 1.29 is 4.74 Å². The molecule has 1 aromatic heterocycles. The number of aromatic nitrogens is 2. The van der Waals surface area contributed by atoms with Gasteiger partial charge in [0.05, 0.1) is 18.5 Å². The van der Waals surface area contributed by atoms with Crippen LogP contribution >= 0.6 is 11.6 Å². The van der Waals surface area contributed by atoms with Gasteiger partial charge in [0.25, 0.3) is 0 Å². The third kappa shape index (κ3) is 1.89. The summed E-state index contributed by atoms with van der Waals surface area (Å²) in [6, 6.07) is 6.03. The van der Waals surface area contributed by atoms with Gasteiger partial charge in [0.2, 0.25) is 0 Å². The molecule has 0 unspecified atom stereocenters. The van der Waals surface area contributed by atoms with Crippen molar-refractivity contribution in [2.75, 3.05) is 7.11 Å². The van der Waals surface area contributed by atoms with Gasteiger partial charge in [0.1, 0.15) is 17.1 Å². The van der Waals surface area contributed by atoms with Gasteiger partial charge in [0, 0.05) is 6.54 Å². The van der Waals surface area contributed by atoms with Crippen molar-refractivity contribution in [3.05, 3.63) is 24.0 Å². The number of hydrogen-bond donors (Lipinski definition) is 0. The predicted octanol–water partition coefficient (Wildman–Crippen LogP) is 3.19. The number of imidazole rings is 1. The van der Waals surface area contributed by atoms with E-state index in [2.05, 4.69) is 15.6 Å². The maximum Gasteiger partial charge on any atom is 0.146 e. The quantitative estimate of drug-likeness (QED) is 0.780. The van der Waals surface area contributed by atoms with E-state index in [1.54, 1.807) is 7.11 Å². The number of nitrogens with zero attached hydrogens (tertiary/aromatic N) is 2. The largest absolute Gasteiger partial charge is 0.494 e. The second-order valence-corrected chi connectivity index (χ2v) is 4.81. The number of para-hydroxylation sites is 1. The van der Waals surface area contributed by atoms with Crippen molar-refractivity contribution in [3.63, 3.8) is 0 Å². The molecular formula is C13H15ClN2O. The number of hydrogen-bond acceptors (Lipinski definition) is 2. The Balaban J connectivity index is 2.15. The van der Waals surface area contributed by atoms with Gasteiger partial charge < -0.3 is 9.30 Å². The summed E-state index contributed by atoms with van der Waals surface area (Å²) in [6.45, 7) is 1.03. The first-order valence-corrected chi connectivity index (χ1v) is 6.45. The summed E-state index contributed by atoms with van der Waals surface area (Å²) >= 11 is 5.98. The highest BCUT2D eigenvalue weighted by Gasteiger charge is 2.24. The molecule has 1 heterocycles. The number of ether oxygens (including phenoxy) is 1. The van der Waals surface area contributed by atoms with Crippen molar-refractivity contribution >= 4 is 22.6 Å². The second-order valence-electron chi connectivity index (χ2n) is 4.54. The third-order valence-electron chi connectivity index (χ3n) is 3.30. The summed E-state index contributed by atoms with van der Waals surface area (Å²) in [5.41, 5.74) is 2.05. The van der Waals surface area contributed by atoms with E-state index in [0.29, 0.717) is 5.88 Å². The molecular weight excluding hydrogens is 236 g/mol. The summed E-state index contributed by atoms with van der Waals surface area (Å²) in [5.74, 6) is 3.02. The molecule has 90 valence electrons. The Morgan fingerprint density at radius 3 is 2.94 bits per heavy atom. The van der Waals surface area contributed by atoms with Crippen LogP contribution in [0.25, 0.3) is 11.0 Å². The van der Waals surface area contributed by atoms with Crippen LogP contribution < -0.4 is 4.74 Å². The molecule has 0 aliphatic heterocycles. The smallest absolute Gasteiger partial charge is 0.146 e. The fourth-order valence-electron chi connectivity index (χ4n) is 2.20. The molecule has 17 heavy (non-hydrogen) atoms. The topological polar surface area (TPSA) is 27.1 Å². The molecule has 2 aromatic rings. The average molecular weight is 251 g/mol. The zero-order valence-electron chi connectivity index (χ0n) is 9.82. The minimum atomic E-state index is 0.449. The number of fused-ring (bicyclic) bond motifs is 1. The van der Waals surface area contributed by atoms with Crippen molar-refractivity contribution in [3.8, 4) is 5.75 Å². The minimum Gasteiger partial charge on any atom is -0.494 e. The van der Waals surface area contributed by atoms with Crippen LogP contribution in [-0.4, -0.2) is 16.7 Å². The van der Waals surface area contributed by atoms with Crippen LogP contribution in [0.2, 0.25) is 0 Å². The van der Waals surface area contributed by atoms with E-state index in [4.69, 9.17) is 16.3 Å². The molecule has 1 aliphatic rings. The van der Waals surface area contributed by atoms with Gasteiger partial charge in [-0.15, -0.1) is 11.6 Å². The van der Waals surface area contributed by atoms with Crippen LogP contribution in [0.1, 0.15) is 18.7 Å². The lowest BCUT2D eigenvalue weighted by Gasteiger charge is -2.06. The molecule has 0 saturated heterocycles. The van der Waals surface area contributed by atoms with E-state index in [-0.39, 0.29) is 0 Å². The standard InChI is InChI=1S/C13H15ClN2O/c1-17-11-4-2-3-10-13(11)15-12(7-14)16(10)8-9-5-6-9/h2-4,9H,5-8H2,1H3. The second kappa shape index (κ2) is 4.22. The lowest BCUT2D eigenvalue weighted by Crippen LogP contribution is -2.03. The number of alkyl halides is 1. The van der Waals surface area contributed by atoms with Crippen LogP contribution in [0.15, 0.2) is 18.2 Å². The Bertz CT molecular complexity index is 546. The summed E-state index contributed by atoms with van der Waals surface area (Å²) in [6.07, 6.45) is 2.65. The van der Waals surface area contributed by atoms with Crippen molar-refractivity contribution in [2.24, 2.45) is 5.92 Å². The van der Waals surface area contributed by atoms with Gasteiger partial charge in [-0.1, -0.05) is 6.07 Å². The first-order valence-electron chi connectivity index (χ1n) is 5.91. The number of rotatable bonds is 4. The lowest BCUT2D eigenvalue weighted by molar-refractivity contribution is 0.419. The Morgan fingerprint density at radius 2 is 2.29 bits per heavy atom. The summed E-state index contributed by atoms with van der Waals surface area (Å²) < 4.78 is 7.58. The molecule has 0 spiro atoms. The molecule has 0 bridgehead atoms. The normalized spacial score (nSPS) is 15.4. The molecule has 3 rings (SSSR count). The SMILES string of the molecule is COc1cccc2c1nc(CCl)n2CC1CC1. The Kier molecular flexibility index (Phi) is 2.71. The van der Waals surface area contributed by atoms with Gasteiger partial charge in [-0.25, -0.2) is 4.98 Å². The van der Waals surface area contributed by atoms with E-state index in [1.807, 2.05) is 12.1 Å². The van der Waals surface area contributed by atoms with Crippen LogP contribution in [0.5, 0.6) is 5.75 Å².